The van der Waals surface area contributed by atoms with E-state index in [0.29, 0.717) is 28.9 Å². The van der Waals surface area contributed by atoms with Gasteiger partial charge in [-0.2, -0.15) is 0 Å². The lowest BCUT2D eigenvalue weighted by atomic mass is 9.92. The van der Waals surface area contributed by atoms with Crippen molar-refractivity contribution in [3.05, 3.63) is 94.5 Å². The first-order valence-corrected chi connectivity index (χ1v) is 9.98. The average molecular weight is 414 g/mol. The highest BCUT2D eigenvalue weighted by Crippen LogP contribution is 2.31. The number of amides is 2. The van der Waals surface area contributed by atoms with Gasteiger partial charge in [-0.1, -0.05) is 29.8 Å². The lowest BCUT2D eigenvalue weighted by Crippen LogP contribution is -2.23. The number of aryl methyl sites for hydroxylation is 1. The molecule has 31 heavy (non-hydrogen) atoms. The second-order valence-corrected chi connectivity index (χ2v) is 7.59. The number of hydrogen-bond donors (Lipinski definition) is 2. The number of benzene rings is 3. The fourth-order valence-corrected chi connectivity index (χ4v) is 3.55. The average Bonchev–Trinajstić information content (AvgIpc) is 2.75. The number of carbonyl (C=O) groups excluding carboxylic acids is 3. The number of cyclic esters (lactones) is 1. The van der Waals surface area contributed by atoms with E-state index in [1.807, 2.05) is 31.2 Å². The first-order chi connectivity index (χ1) is 14.9. The maximum atomic E-state index is 12.7. The zero-order valence-electron chi connectivity index (χ0n) is 17.3. The molecule has 0 spiro atoms. The van der Waals surface area contributed by atoms with E-state index in [-0.39, 0.29) is 23.9 Å². The van der Waals surface area contributed by atoms with Crippen molar-refractivity contribution >= 4 is 29.2 Å². The van der Waals surface area contributed by atoms with Gasteiger partial charge in [0.25, 0.3) is 5.91 Å². The number of hydrogen-bond acceptors (Lipinski definition) is 4. The molecule has 0 saturated carbocycles. The predicted molar refractivity (Wildman–Crippen MR) is 118 cm³/mol. The van der Waals surface area contributed by atoms with Crippen LogP contribution in [0.3, 0.4) is 0 Å². The van der Waals surface area contributed by atoms with Crippen LogP contribution in [0.25, 0.3) is 0 Å². The van der Waals surface area contributed by atoms with Gasteiger partial charge in [0.1, 0.15) is 6.10 Å². The number of ether oxygens (including phenoxy) is 1. The molecule has 156 valence electrons. The van der Waals surface area contributed by atoms with Gasteiger partial charge >= 0.3 is 5.97 Å². The van der Waals surface area contributed by atoms with Crippen molar-refractivity contribution in [1.29, 1.82) is 0 Å². The highest BCUT2D eigenvalue weighted by Gasteiger charge is 2.28. The van der Waals surface area contributed by atoms with Crippen molar-refractivity contribution in [2.24, 2.45) is 0 Å². The Morgan fingerprint density at radius 2 is 1.55 bits per heavy atom. The van der Waals surface area contributed by atoms with E-state index in [1.165, 1.54) is 6.92 Å². The Hall–Kier alpha value is -3.93. The van der Waals surface area contributed by atoms with E-state index in [4.69, 9.17) is 4.74 Å². The van der Waals surface area contributed by atoms with Crippen LogP contribution in [0.1, 0.15) is 50.4 Å². The summed E-state index contributed by atoms with van der Waals surface area (Å²) in [6, 6.07) is 19.7. The maximum absolute atomic E-state index is 12.7. The maximum Gasteiger partial charge on any atom is 0.339 e. The summed E-state index contributed by atoms with van der Waals surface area (Å²) in [5, 5.41) is 5.52. The topological polar surface area (TPSA) is 84.5 Å². The molecular weight excluding hydrogens is 392 g/mol. The fourth-order valence-electron chi connectivity index (χ4n) is 3.55. The van der Waals surface area contributed by atoms with Crippen molar-refractivity contribution < 1.29 is 19.1 Å². The lowest BCUT2D eigenvalue weighted by Gasteiger charge is -2.25. The second kappa shape index (κ2) is 8.44. The molecule has 0 aliphatic carbocycles. The summed E-state index contributed by atoms with van der Waals surface area (Å²) in [6.45, 7) is 3.44. The zero-order valence-corrected chi connectivity index (χ0v) is 17.3. The van der Waals surface area contributed by atoms with Gasteiger partial charge in [0.05, 0.1) is 5.56 Å². The van der Waals surface area contributed by atoms with Gasteiger partial charge in [-0.25, -0.2) is 4.79 Å². The third-order valence-electron chi connectivity index (χ3n) is 5.15. The van der Waals surface area contributed by atoms with Crippen LogP contribution in [0.15, 0.2) is 66.7 Å². The first-order valence-electron chi connectivity index (χ1n) is 9.98. The van der Waals surface area contributed by atoms with Crippen LogP contribution in [-0.4, -0.2) is 17.8 Å². The molecule has 1 atom stereocenters. The molecule has 0 radical (unpaired) electrons. The predicted octanol–water partition coefficient (Wildman–Crippen LogP) is 4.66. The summed E-state index contributed by atoms with van der Waals surface area (Å²) < 4.78 is 5.60. The molecule has 1 aliphatic rings. The number of nitrogens with one attached hydrogen (secondary N) is 2. The summed E-state index contributed by atoms with van der Waals surface area (Å²) in [6.07, 6.45) is 0.136. The quantitative estimate of drug-likeness (QED) is 0.608. The van der Waals surface area contributed by atoms with Crippen LogP contribution in [-0.2, 0) is 16.0 Å². The molecule has 6 nitrogen and oxygen atoms in total. The highest BCUT2D eigenvalue weighted by atomic mass is 16.5. The normalized spacial score (nSPS) is 14.9. The van der Waals surface area contributed by atoms with E-state index < -0.39 is 0 Å². The lowest BCUT2D eigenvalue weighted by molar-refractivity contribution is -0.114. The van der Waals surface area contributed by atoms with Crippen LogP contribution in [0.2, 0.25) is 0 Å². The number of anilines is 2. The Balaban J connectivity index is 1.51. The Bertz CT molecular complexity index is 1150. The van der Waals surface area contributed by atoms with Gasteiger partial charge < -0.3 is 15.4 Å². The number of rotatable bonds is 4. The second-order valence-electron chi connectivity index (χ2n) is 7.59. The molecule has 1 unspecified atom stereocenters. The van der Waals surface area contributed by atoms with Gasteiger partial charge in [-0.05, 0) is 60.5 Å². The van der Waals surface area contributed by atoms with E-state index >= 15 is 0 Å². The third-order valence-corrected chi connectivity index (χ3v) is 5.15. The number of carbonyl (C=O) groups is 3. The minimum Gasteiger partial charge on any atom is -0.454 e. The smallest absolute Gasteiger partial charge is 0.339 e. The minimum atomic E-state index is -0.382. The molecule has 0 aromatic heterocycles. The van der Waals surface area contributed by atoms with Crippen LogP contribution in [0, 0.1) is 6.92 Å². The summed E-state index contributed by atoms with van der Waals surface area (Å²) in [5.74, 6) is -0.818. The molecule has 6 heteroatoms. The van der Waals surface area contributed by atoms with Gasteiger partial charge in [0.2, 0.25) is 5.91 Å². The molecule has 1 heterocycles. The number of esters is 1. The van der Waals surface area contributed by atoms with Gasteiger partial charge in [-0.15, -0.1) is 0 Å². The molecule has 3 aromatic rings. The zero-order chi connectivity index (χ0) is 22.0. The Morgan fingerprint density at radius 1 is 0.903 bits per heavy atom. The summed E-state index contributed by atoms with van der Waals surface area (Å²) in [5.41, 5.74) is 5.06. The van der Waals surface area contributed by atoms with E-state index in [1.54, 1.807) is 42.5 Å². The van der Waals surface area contributed by atoms with E-state index in [9.17, 15) is 14.4 Å². The van der Waals surface area contributed by atoms with Gasteiger partial charge in [0.15, 0.2) is 0 Å². The van der Waals surface area contributed by atoms with Crippen LogP contribution in [0.4, 0.5) is 11.4 Å². The summed E-state index contributed by atoms with van der Waals surface area (Å²) >= 11 is 0. The van der Waals surface area contributed by atoms with Crippen LogP contribution in [0.5, 0.6) is 0 Å². The van der Waals surface area contributed by atoms with Crippen molar-refractivity contribution in [1.82, 2.24) is 0 Å². The van der Waals surface area contributed by atoms with Gasteiger partial charge in [0, 0.05) is 30.3 Å². The molecule has 3 aromatic carbocycles. The van der Waals surface area contributed by atoms with Gasteiger partial charge in [-0.3, -0.25) is 9.59 Å². The largest absolute Gasteiger partial charge is 0.454 e. The fraction of sp³-hybridized carbons (Fsp3) is 0.160. The van der Waals surface area contributed by atoms with E-state index in [2.05, 4.69) is 10.6 Å². The third kappa shape index (κ3) is 4.64. The Morgan fingerprint density at radius 3 is 2.19 bits per heavy atom. The Labute approximate surface area is 180 Å². The molecule has 0 bridgehead atoms. The molecule has 0 saturated heterocycles. The van der Waals surface area contributed by atoms with Crippen molar-refractivity contribution in [3.63, 3.8) is 0 Å². The highest BCUT2D eigenvalue weighted by molar-refractivity contribution is 6.05. The summed E-state index contributed by atoms with van der Waals surface area (Å²) in [4.78, 5) is 36.3. The molecule has 0 fully saturated rings. The molecule has 2 N–H and O–H groups in total. The SMILES string of the molecule is CC(=O)Nc1ccc(NC(=O)c2ccc3c(c2)CC(c2ccc(C)cc2)OC3=O)cc1. The van der Waals surface area contributed by atoms with Crippen LogP contribution < -0.4 is 10.6 Å². The summed E-state index contributed by atoms with van der Waals surface area (Å²) in [7, 11) is 0. The van der Waals surface area contributed by atoms with Crippen molar-refractivity contribution in [2.75, 3.05) is 10.6 Å². The molecular formula is C25H22N2O4. The Kier molecular flexibility index (Phi) is 5.54. The minimum absolute atomic E-state index is 0.159. The molecule has 1 aliphatic heterocycles. The standard InChI is InChI=1S/C25H22N2O4/c1-15-3-5-17(6-4-15)23-14-19-13-18(7-12-22(19)25(30)31-23)24(29)27-21-10-8-20(9-11-21)26-16(2)28/h3-13,23H,14H2,1-2H3,(H,26,28)(H,27,29). The molecule has 4 rings (SSSR count). The monoisotopic (exact) mass is 414 g/mol. The van der Waals surface area contributed by atoms with Crippen molar-refractivity contribution in [3.8, 4) is 0 Å². The first kappa shape index (κ1) is 20.3. The number of fused-ring (bicyclic) bond motifs is 1. The van der Waals surface area contributed by atoms with Crippen molar-refractivity contribution in [2.45, 2.75) is 26.4 Å². The molecule has 2 amide bonds. The van der Waals surface area contributed by atoms with E-state index in [0.717, 1.165) is 16.7 Å². The van der Waals surface area contributed by atoms with Crippen LogP contribution >= 0.6 is 0 Å².